The van der Waals surface area contributed by atoms with Crippen molar-refractivity contribution in [1.82, 2.24) is 14.9 Å². The van der Waals surface area contributed by atoms with Crippen LogP contribution in [0.2, 0.25) is 0 Å². The summed E-state index contributed by atoms with van der Waals surface area (Å²) in [4.78, 5) is 23.9. The Balaban J connectivity index is 1.32. The standard InChI is InChI=1S/C29H28F3N5O2/c1-37-12-4-6-23(37)18-39-24-15-21(29(30,31)32)14-22(16-24)36-28(38)25-7-3-11-34-27(25)35-17-19-8-9-26-20(13-19)5-2-10-33-26/h2-3,5,7-11,13-16,23H,4,6,12,17-18H2,1H3,(H,34,35)(H,36,38). The quantitative estimate of drug-likeness (QED) is 0.289. The first kappa shape index (κ1) is 26.4. The number of carbonyl (C=O) groups excluding carboxylic acids is 1. The summed E-state index contributed by atoms with van der Waals surface area (Å²) in [5.41, 5.74) is 1.12. The Labute approximate surface area is 224 Å². The highest BCUT2D eigenvalue weighted by atomic mass is 19.4. The van der Waals surface area contributed by atoms with E-state index in [1.807, 2.05) is 37.4 Å². The Bertz CT molecular complexity index is 1480. The van der Waals surface area contributed by atoms with Crippen molar-refractivity contribution in [2.75, 3.05) is 30.8 Å². The number of alkyl halides is 3. The van der Waals surface area contributed by atoms with Crippen LogP contribution in [0.4, 0.5) is 24.7 Å². The van der Waals surface area contributed by atoms with Crippen LogP contribution in [0.3, 0.4) is 0 Å². The van der Waals surface area contributed by atoms with Crippen molar-refractivity contribution >= 4 is 28.3 Å². The number of halogens is 3. The van der Waals surface area contributed by atoms with Gasteiger partial charge in [0, 0.05) is 42.1 Å². The Morgan fingerprint density at radius 3 is 2.69 bits per heavy atom. The fourth-order valence-corrected chi connectivity index (χ4v) is 4.65. The normalized spacial score (nSPS) is 15.8. The van der Waals surface area contributed by atoms with Crippen molar-refractivity contribution in [3.8, 4) is 5.75 Å². The van der Waals surface area contributed by atoms with E-state index in [0.717, 1.165) is 48.0 Å². The number of likely N-dealkylation sites (N-methyl/N-ethyl adjacent to an activating group) is 1. The van der Waals surface area contributed by atoms with Gasteiger partial charge in [0.25, 0.3) is 5.91 Å². The minimum Gasteiger partial charge on any atom is -0.492 e. The minimum absolute atomic E-state index is 0.0126. The van der Waals surface area contributed by atoms with Crippen molar-refractivity contribution in [3.05, 3.63) is 89.7 Å². The number of nitrogens with zero attached hydrogens (tertiary/aromatic N) is 3. The van der Waals surface area contributed by atoms with E-state index in [4.69, 9.17) is 4.74 Å². The molecule has 0 saturated carbocycles. The molecule has 2 aromatic carbocycles. The summed E-state index contributed by atoms with van der Waals surface area (Å²) < 4.78 is 46.6. The third-order valence-corrected chi connectivity index (χ3v) is 6.79. The molecule has 202 valence electrons. The minimum atomic E-state index is -4.60. The Morgan fingerprint density at radius 2 is 1.90 bits per heavy atom. The first-order valence-corrected chi connectivity index (χ1v) is 12.7. The lowest BCUT2D eigenvalue weighted by Gasteiger charge is -2.20. The van der Waals surface area contributed by atoms with Gasteiger partial charge in [-0.25, -0.2) is 4.98 Å². The van der Waals surface area contributed by atoms with E-state index < -0.39 is 17.6 Å². The van der Waals surface area contributed by atoms with Crippen molar-refractivity contribution in [2.45, 2.75) is 31.6 Å². The molecule has 10 heteroatoms. The maximum absolute atomic E-state index is 13.6. The van der Waals surface area contributed by atoms with Gasteiger partial charge in [-0.2, -0.15) is 13.2 Å². The number of amides is 1. The predicted molar refractivity (Wildman–Crippen MR) is 144 cm³/mol. The molecule has 0 spiro atoms. The molecule has 7 nitrogen and oxygen atoms in total. The third-order valence-electron chi connectivity index (χ3n) is 6.79. The molecule has 2 aromatic heterocycles. The van der Waals surface area contributed by atoms with Crippen LogP contribution in [0, 0.1) is 0 Å². The maximum atomic E-state index is 13.6. The number of hydrogen-bond donors (Lipinski definition) is 2. The second-order valence-electron chi connectivity index (χ2n) is 9.57. The van der Waals surface area contributed by atoms with E-state index in [1.54, 1.807) is 24.5 Å². The van der Waals surface area contributed by atoms with Gasteiger partial charge < -0.3 is 20.3 Å². The molecule has 39 heavy (non-hydrogen) atoms. The van der Waals surface area contributed by atoms with Crippen molar-refractivity contribution in [2.24, 2.45) is 0 Å². The summed E-state index contributed by atoms with van der Waals surface area (Å²) in [6.45, 7) is 1.59. The van der Waals surface area contributed by atoms with Gasteiger partial charge in [-0.3, -0.25) is 9.78 Å². The smallest absolute Gasteiger partial charge is 0.416 e. The van der Waals surface area contributed by atoms with E-state index in [1.165, 1.54) is 6.07 Å². The number of nitrogens with one attached hydrogen (secondary N) is 2. The molecule has 2 N–H and O–H groups in total. The van der Waals surface area contributed by atoms with Crippen LogP contribution in [0.15, 0.2) is 73.1 Å². The lowest BCUT2D eigenvalue weighted by molar-refractivity contribution is -0.137. The first-order chi connectivity index (χ1) is 18.8. The molecule has 1 atom stereocenters. The summed E-state index contributed by atoms with van der Waals surface area (Å²) in [5, 5.41) is 6.74. The topological polar surface area (TPSA) is 79.4 Å². The summed E-state index contributed by atoms with van der Waals surface area (Å²) >= 11 is 0. The average molecular weight is 536 g/mol. The Hall–Kier alpha value is -4.18. The molecule has 1 aliphatic heterocycles. The SMILES string of the molecule is CN1CCCC1COc1cc(NC(=O)c2cccnc2NCc2ccc3ncccc3c2)cc(C(F)(F)F)c1. The molecule has 0 aliphatic carbocycles. The van der Waals surface area contributed by atoms with Crippen LogP contribution >= 0.6 is 0 Å². The molecular formula is C29H28F3N5O2. The number of rotatable bonds is 8. The molecular weight excluding hydrogens is 507 g/mol. The molecule has 1 fully saturated rings. The Morgan fingerprint density at radius 1 is 1.08 bits per heavy atom. The Kier molecular flexibility index (Phi) is 7.65. The molecule has 1 unspecified atom stereocenters. The number of carbonyl (C=O) groups is 1. The number of benzene rings is 2. The highest BCUT2D eigenvalue weighted by Gasteiger charge is 2.32. The summed E-state index contributed by atoms with van der Waals surface area (Å²) in [6, 6.07) is 16.2. The monoisotopic (exact) mass is 535 g/mol. The van der Waals surface area contributed by atoms with Crippen LogP contribution in [-0.2, 0) is 12.7 Å². The van der Waals surface area contributed by atoms with Crippen LogP contribution in [0.5, 0.6) is 5.75 Å². The molecule has 4 aromatic rings. The predicted octanol–water partition coefficient (Wildman–Crippen LogP) is 5.99. The van der Waals surface area contributed by atoms with Crippen LogP contribution in [0.25, 0.3) is 10.9 Å². The fraction of sp³-hybridized carbons (Fsp3) is 0.276. The highest BCUT2D eigenvalue weighted by molar-refractivity contribution is 6.07. The second-order valence-corrected chi connectivity index (χ2v) is 9.57. The number of hydrogen-bond acceptors (Lipinski definition) is 6. The second kappa shape index (κ2) is 11.3. The van der Waals surface area contributed by atoms with Gasteiger partial charge in [0.15, 0.2) is 0 Å². The van der Waals surface area contributed by atoms with E-state index in [0.29, 0.717) is 12.4 Å². The first-order valence-electron chi connectivity index (χ1n) is 12.7. The van der Waals surface area contributed by atoms with Gasteiger partial charge in [-0.15, -0.1) is 0 Å². The van der Waals surface area contributed by atoms with E-state index in [9.17, 15) is 18.0 Å². The van der Waals surface area contributed by atoms with Crippen molar-refractivity contribution in [1.29, 1.82) is 0 Å². The van der Waals surface area contributed by atoms with E-state index in [2.05, 4.69) is 25.5 Å². The number of ether oxygens (including phenoxy) is 1. The average Bonchev–Trinajstić information content (AvgIpc) is 3.34. The van der Waals surface area contributed by atoms with Crippen molar-refractivity contribution < 1.29 is 22.7 Å². The van der Waals surface area contributed by atoms with Gasteiger partial charge in [0.2, 0.25) is 0 Å². The number of fused-ring (bicyclic) bond motifs is 1. The van der Waals surface area contributed by atoms with E-state index >= 15 is 0 Å². The zero-order chi connectivity index (χ0) is 27.4. The number of anilines is 2. The van der Waals surface area contributed by atoms with Crippen molar-refractivity contribution in [3.63, 3.8) is 0 Å². The molecule has 0 radical (unpaired) electrons. The number of likely N-dealkylation sites (tertiary alicyclic amines) is 1. The zero-order valence-corrected chi connectivity index (χ0v) is 21.3. The summed E-state index contributed by atoms with van der Waals surface area (Å²) in [6.07, 6.45) is 0.617. The number of aromatic nitrogens is 2. The lowest BCUT2D eigenvalue weighted by Crippen LogP contribution is -2.30. The van der Waals surface area contributed by atoms with Crippen LogP contribution in [-0.4, -0.2) is 47.0 Å². The molecule has 1 aliphatic rings. The molecule has 5 rings (SSSR count). The highest BCUT2D eigenvalue weighted by Crippen LogP contribution is 2.35. The zero-order valence-electron chi connectivity index (χ0n) is 21.3. The summed E-state index contributed by atoms with van der Waals surface area (Å²) in [7, 11) is 1.97. The van der Waals surface area contributed by atoms with Gasteiger partial charge >= 0.3 is 6.18 Å². The van der Waals surface area contributed by atoms with Gasteiger partial charge in [0.05, 0.1) is 16.6 Å². The van der Waals surface area contributed by atoms with Gasteiger partial charge in [0.1, 0.15) is 18.2 Å². The lowest BCUT2D eigenvalue weighted by atomic mass is 10.1. The largest absolute Gasteiger partial charge is 0.492 e. The van der Waals surface area contributed by atoms with Gasteiger partial charge in [-0.05, 0) is 74.5 Å². The molecule has 0 bridgehead atoms. The maximum Gasteiger partial charge on any atom is 0.416 e. The van der Waals surface area contributed by atoms with Gasteiger partial charge in [-0.1, -0.05) is 12.1 Å². The fourth-order valence-electron chi connectivity index (χ4n) is 4.65. The molecule has 1 amide bonds. The molecule has 3 heterocycles. The molecule has 1 saturated heterocycles. The van der Waals surface area contributed by atoms with Crippen LogP contribution < -0.4 is 15.4 Å². The number of pyridine rings is 2. The summed E-state index contributed by atoms with van der Waals surface area (Å²) in [5.74, 6) is -0.223. The van der Waals surface area contributed by atoms with Crippen LogP contribution in [0.1, 0.15) is 34.3 Å². The van der Waals surface area contributed by atoms with E-state index in [-0.39, 0.29) is 29.6 Å². The third kappa shape index (κ3) is 6.46.